The van der Waals surface area contributed by atoms with Crippen LogP contribution in [0.2, 0.25) is 0 Å². The highest BCUT2D eigenvalue weighted by Gasteiger charge is 2.25. The van der Waals surface area contributed by atoms with E-state index in [4.69, 9.17) is 10.9 Å². The molecular formula is C13H23N3O2S2. The Balaban J connectivity index is 3.00. The topological polar surface area (TPSA) is 98.2 Å². The van der Waals surface area contributed by atoms with Crippen LogP contribution < -0.4 is 16.2 Å². The summed E-state index contributed by atoms with van der Waals surface area (Å²) < 4.78 is 23.0. The summed E-state index contributed by atoms with van der Waals surface area (Å²) in [5.41, 5.74) is 6.68. The van der Waals surface area contributed by atoms with E-state index in [1.165, 1.54) is 6.07 Å². The minimum atomic E-state index is -3.80. The molecule has 0 bridgehead atoms. The van der Waals surface area contributed by atoms with Gasteiger partial charge < -0.3 is 11.1 Å². The van der Waals surface area contributed by atoms with Gasteiger partial charge in [0.25, 0.3) is 0 Å². The fraction of sp³-hybridized carbons (Fsp3) is 0.538. The number of rotatable bonds is 7. The Morgan fingerprint density at radius 2 is 1.90 bits per heavy atom. The molecule has 0 spiro atoms. The Morgan fingerprint density at radius 1 is 1.30 bits per heavy atom. The summed E-state index contributed by atoms with van der Waals surface area (Å²) in [6, 6.07) is 4.81. The predicted octanol–water partition coefficient (Wildman–Crippen LogP) is 2.25. The highest BCUT2D eigenvalue weighted by atomic mass is 32.2. The van der Waals surface area contributed by atoms with Crippen molar-refractivity contribution in [2.24, 2.45) is 5.14 Å². The highest BCUT2D eigenvalue weighted by Crippen LogP contribution is 2.32. The number of nitrogen functional groups attached to an aromatic ring is 1. The minimum absolute atomic E-state index is 0.0368. The maximum atomic E-state index is 11.4. The van der Waals surface area contributed by atoms with Crippen LogP contribution >= 0.6 is 11.8 Å². The van der Waals surface area contributed by atoms with Crippen molar-refractivity contribution in [2.45, 2.75) is 36.3 Å². The molecule has 7 heteroatoms. The van der Waals surface area contributed by atoms with E-state index in [-0.39, 0.29) is 15.3 Å². The van der Waals surface area contributed by atoms with Gasteiger partial charge in [0.1, 0.15) is 4.90 Å². The lowest BCUT2D eigenvalue weighted by atomic mass is 10.0. The predicted molar refractivity (Wildman–Crippen MR) is 87.5 cm³/mol. The van der Waals surface area contributed by atoms with Crippen molar-refractivity contribution in [1.29, 1.82) is 0 Å². The third kappa shape index (κ3) is 3.80. The summed E-state index contributed by atoms with van der Waals surface area (Å²) in [6.45, 7) is 5.01. The zero-order valence-electron chi connectivity index (χ0n) is 12.1. The van der Waals surface area contributed by atoms with Gasteiger partial charge in [-0.1, -0.05) is 19.9 Å². The molecule has 0 aromatic heterocycles. The second-order valence-corrected chi connectivity index (χ2v) is 7.51. The second kappa shape index (κ2) is 6.69. The van der Waals surface area contributed by atoms with Crippen LogP contribution in [-0.2, 0) is 10.0 Å². The molecule has 0 fully saturated rings. The smallest absolute Gasteiger partial charge is 0.240 e. The largest absolute Gasteiger partial charge is 0.396 e. The van der Waals surface area contributed by atoms with Crippen LogP contribution in [0.4, 0.5) is 11.4 Å². The first-order chi connectivity index (χ1) is 9.29. The van der Waals surface area contributed by atoms with Crippen molar-refractivity contribution in [3.05, 3.63) is 18.2 Å². The van der Waals surface area contributed by atoms with Crippen LogP contribution in [0.5, 0.6) is 0 Å². The standard InChI is InChI=1S/C13H23N3O2S2/c1-4-13(5-2,19-3)9-16-10-7-6-8-11(12(10)14)20(15,17)18/h6-8,16H,4-5,9,14H2,1-3H3,(H2,15,17,18). The molecule has 0 aliphatic carbocycles. The van der Waals surface area contributed by atoms with Gasteiger partial charge in [-0.15, -0.1) is 0 Å². The van der Waals surface area contributed by atoms with Crippen molar-refractivity contribution in [3.8, 4) is 0 Å². The molecular weight excluding hydrogens is 294 g/mol. The number of hydrogen-bond donors (Lipinski definition) is 3. The van der Waals surface area contributed by atoms with E-state index in [1.54, 1.807) is 23.9 Å². The molecule has 20 heavy (non-hydrogen) atoms. The normalized spacial score (nSPS) is 12.4. The molecule has 0 unspecified atom stereocenters. The molecule has 0 radical (unpaired) electrons. The number of nitrogens with two attached hydrogens (primary N) is 2. The monoisotopic (exact) mass is 317 g/mol. The molecule has 1 aromatic rings. The lowest BCUT2D eigenvalue weighted by Crippen LogP contribution is -2.32. The molecule has 0 heterocycles. The minimum Gasteiger partial charge on any atom is -0.396 e. The molecule has 1 rings (SSSR count). The van der Waals surface area contributed by atoms with Gasteiger partial charge in [-0.3, -0.25) is 0 Å². The van der Waals surface area contributed by atoms with Crippen LogP contribution in [0, 0.1) is 0 Å². The summed E-state index contributed by atoms with van der Waals surface area (Å²) in [5.74, 6) is 0. The molecule has 1 aromatic carbocycles. The van der Waals surface area contributed by atoms with E-state index in [0.717, 1.165) is 19.4 Å². The number of thioether (sulfide) groups is 1. The Labute approximate surface area is 125 Å². The van der Waals surface area contributed by atoms with Crippen molar-refractivity contribution >= 4 is 33.2 Å². The number of primary sulfonamides is 1. The summed E-state index contributed by atoms with van der Waals surface area (Å²) in [4.78, 5) is -0.0368. The molecule has 0 saturated heterocycles. The van der Waals surface area contributed by atoms with Crippen LogP contribution in [-0.4, -0.2) is 26.0 Å². The summed E-state index contributed by atoms with van der Waals surface area (Å²) in [5, 5.41) is 8.40. The maximum Gasteiger partial charge on any atom is 0.240 e. The fourth-order valence-corrected chi connectivity index (χ4v) is 3.54. The first kappa shape index (κ1) is 17.1. The van der Waals surface area contributed by atoms with E-state index in [2.05, 4.69) is 25.4 Å². The molecule has 0 aliphatic rings. The first-order valence-electron chi connectivity index (χ1n) is 6.50. The second-order valence-electron chi connectivity index (χ2n) is 4.71. The van der Waals surface area contributed by atoms with Gasteiger partial charge >= 0.3 is 0 Å². The molecule has 0 saturated carbocycles. The quantitative estimate of drug-likeness (QED) is 0.670. The molecule has 5 nitrogen and oxygen atoms in total. The van der Waals surface area contributed by atoms with Gasteiger partial charge in [-0.25, -0.2) is 13.6 Å². The number of benzene rings is 1. The third-order valence-electron chi connectivity index (χ3n) is 3.70. The highest BCUT2D eigenvalue weighted by molar-refractivity contribution is 8.00. The number of hydrogen-bond acceptors (Lipinski definition) is 5. The van der Waals surface area contributed by atoms with E-state index in [0.29, 0.717) is 5.69 Å². The van der Waals surface area contributed by atoms with E-state index in [9.17, 15) is 8.42 Å². The van der Waals surface area contributed by atoms with Crippen LogP contribution in [0.1, 0.15) is 26.7 Å². The Bertz CT molecular complexity index is 546. The zero-order chi connectivity index (χ0) is 15.4. The lowest BCUT2D eigenvalue weighted by Gasteiger charge is -2.30. The van der Waals surface area contributed by atoms with Gasteiger partial charge in [0.05, 0.1) is 11.4 Å². The average molecular weight is 317 g/mol. The van der Waals surface area contributed by atoms with Crippen molar-refractivity contribution in [2.75, 3.05) is 23.9 Å². The van der Waals surface area contributed by atoms with Gasteiger partial charge in [-0.05, 0) is 31.2 Å². The fourth-order valence-electron chi connectivity index (χ4n) is 2.06. The van der Waals surface area contributed by atoms with E-state index >= 15 is 0 Å². The Morgan fingerprint density at radius 3 is 2.35 bits per heavy atom. The first-order valence-corrected chi connectivity index (χ1v) is 9.27. The molecule has 5 N–H and O–H groups in total. The van der Waals surface area contributed by atoms with Gasteiger partial charge in [-0.2, -0.15) is 11.8 Å². The Hall–Kier alpha value is -0.920. The molecule has 114 valence electrons. The molecule has 0 atom stereocenters. The van der Waals surface area contributed by atoms with Gasteiger partial charge in [0.15, 0.2) is 0 Å². The van der Waals surface area contributed by atoms with Crippen LogP contribution in [0.25, 0.3) is 0 Å². The van der Waals surface area contributed by atoms with Crippen molar-refractivity contribution in [1.82, 2.24) is 0 Å². The van der Waals surface area contributed by atoms with Crippen molar-refractivity contribution < 1.29 is 8.42 Å². The maximum absolute atomic E-state index is 11.4. The van der Waals surface area contributed by atoms with Gasteiger partial charge in [0.2, 0.25) is 10.0 Å². The van der Waals surface area contributed by atoms with E-state index in [1.807, 2.05) is 0 Å². The Kier molecular flexibility index (Phi) is 5.73. The summed E-state index contributed by atoms with van der Waals surface area (Å²) in [6.07, 6.45) is 4.12. The van der Waals surface area contributed by atoms with Crippen LogP contribution in [0.15, 0.2) is 23.1 Å². The number of sulfonamides is 1. The summed E-state index contributed by atoms with van der Waals surface area (Å²) in [7, 11) is -3.80. The molecule has 0 amide bonds. The zero-order valence-corrected chi connectivity index (χ0v) is 13.8. The van der Waals surface area contributed by atoms with Crippen molar-refractivity contribution in [3.63, 3.8) is 0 Å². The number of anilines is 2. The molecule has 0 aliphatic heterocycles. The SMILES string of the molecule is CCC(CC)(CNc1cccc(S(N)(=O)=O)c1N)SC. The number of nitrogens with one attached hydrogen (secondary N) is 1. The lowest BCUT2D eigenvalue weighted by molar-refractivity contribution is 0.575. The number of para-hydroxylation sites is 1. The van der Waals surface area contributed by atoms with E-state index < -0.39 is 10.0 Å². The average Bonchev–Trinajstić information content (AvgIpc) is 2.41. The van der Waals surface area contributed by atoms with Gasteiger partial charge in [0, 0.05) is 11.3 Å². The summed E-state index contributed by atoms with van der Waals surface area (Å²) >= 11 is 1.81. The van der Waals surface area contributed by atoms with Crippen LogP contribution in [0.3, 0.4) is 0 Å². The third-order valence-corrected chi connectivity index (χ3v) is 6.25.